The Kier molecular flexibility index (Phi) is 8.96. The fourth-order valence-electron chi connectivity index (χ4n) is 1.01. The minimum absolute atomic E-state index is 0.269. The van der Waals surface area contributed by atoms with E-state index in [1.165, 1.54) is 0 Å². The molecule has 1 saturated heterocycles. The first-order chi connectivity index (χ1) is 8.43. The average molecular weight is 299 g/mol. The van der Waals surface area contributed by atoms with Crippen LogP contribution < -0.4 is 14.8 Å². The Bertz CT molecular complexity index is 281. The fourth-order valence-corrected chi connectivity index (χ4v) is 1.91. The molecule has 9 nitrogen and oxygen atoms in total. The first-order valence-electron chi connectivity index (χ1n) is 4.70. The zero-order chi connectivity index (χ0) is 14.0. The van der Waals surface area contributed by atoms with Gasteiger partial charge in [0, 0.05) is 22.0 Å². The lowest BCUT2D eigenvalue weighted by Crippen LogP contribution is -2.29. The van der Waals surface area contributed by atoms with Crippen LogP contribution in [0.3, 0.4) is 0 Å². The van der Waals surface area contributed by atoms with Gasteiger partial charge >= 0.3 is 18.2 Å². The summed E-state index contributed by atoms with van der Waals surface area (Å²) in [5, 5.41) is 27.1. The van der Waals surface area contributed by atoms with Crippen molar-refractivity contribution in [3.8, 4) is 0 Å². The van der Waals surface area contributed by atoms with E-state index in [2.05, 4.69) is 5.32 Å². The van der Waals surface area contributed by atoms with E-state index in [0.29, 0.717) is 22.0 Å². The molecule has 104 valence electrons. The Morgan fingerprint density at radius 2 is 1.56 bits per heavy atom. The highest BCUT2D eigenvalue weighted by molar-refractivity contribution is 8.75. The molecule has 1 aliphatic rings. The molecule has 0 spiro atoms. The minimum Gasteiger partial charge on any atom is -0.480 e. The van der Waals surface area contributed by atoms with E-state index >= 15 is 0 Å². The summed E-state index contributed by atoms with van der Waals surface area (Å²) < 4.78 is 3.74. The molecule has 0 aromatic carbocycles. The molecule has 1 rings (SSSR count). The summed E-state index contributed by atoms with van der Waals surface area (Å²) >= 11 is 0. The van der Waals surface area contributed by atoms with Crippen molar-refractivity contribution >= 4 is 40.1 Å². The summed E-state index contributed by atoms with van der Waals surface area (Å²) in [5.74, 6) is -0.720. The normalized spacial score (nSPS) is 17.2. The van der Waals surface area contributed by atoms with Crippen LogP contribution in [0.1, 0.15) is 12.8 Å². The summed E-state index contributed by atoms with van der Waals surface area (Å²) in [7, 11) is 1.33. The van der Waals surface area contributed by atoms with Crippen molar-refractivity contribution in [2.45, 2.75) is 18.9 Å². The number of hydrogen-bond donors (Lipinski definition) is 6. The number of carboxylic acid groups (broad SMARTS) is 3. The van der Waals surface area contributed by atoms with E-state index in [1.807, 2.05) is 9.44 Å². The second-order valence-corrected chi connectivity index (χ2v) is 4.71. The average Bonchev–Trinajstić information content (AvgIpc) is 2.78. The molecule has 1 fully saturated rings. The summed E-state index contributed by atoms with van der Waals surface area (Å²) in [6, 6.07) is -0.269. The van der Waals surface area contributed by atoms with Crippen molar-refractivity contribution < 1.29 is 29.7 Å². The van der Waals surface area contributed by atoms with Crippen LogP contribution in [0.2, 0.25) is 0 Å². The topological polar surface area (TPSA) is 148 Å². The van der Waals surface area contributed by atoms with Crippen molar-refractivity contribution in [3.63, 3.8) is 0 Å². The van der Waals surface area contributed by atoms with E-state index in [0.717, 1.165) is 19.4 Å². The maximum Gasteiger partial charge on any atom is 0.415 e. The molecule has 0 radical (unpaired) electrons. The van der Waals surface area contributed by atoms with Gasteiger partial charge in [-0.25, -0.2) is 9.59 Å². The van der Waals surface area contributed by atoms with Crippen LogP contribution in [0.15, 0.2) is 0 Å². The minimum atomic E-state index is -1.22. The van der Waals surface area contributed by atoms with Crippen molar-refractivity contribution in [1.29, 1.82) is 0 Å². The molecule has 11 heteroatoms. The number of aliphatic carboxylic acids is 1. The molecule has 0 saturated carbocycles. The van der Waals surface area contributed by atoms with Gasteiger partial charge in [0.05, 0.1) is 0 Å². The lowest BCUT2D eigenvalue weighted by Gasteiger charge is -1.99. The highest BCUT2D eigenvalue weighted by atomic mass is 33.1. The van der Waals surface area contributed by atoms with Crippen molar-refractivity contribution in [2.75, 3.05) is 6.54 Å². The van der Waals surface area contributed by atoms with Gasteiger partial charge in [-0.05, 0) is 19.4 Å². The van der Waals surface area contributed by atoms with Gasteiger partial charge in [-0.2, -0.15) is 0 Å². The number of carbonyl (C=O) groups is 3. The summed E-state index contributed by atoms with van der Waals surface area (Å²) in [5.41, 5.74) is 0. The van der Waals surface area contributed by atoms with Crippen molar-refractivity contribution in [3.05, 3.63) is 0 Å². The highest BCUT2D eigenvalue weighted by Gasteiger charge is 2.20. The third-order valence-electron chi connectivity index (χ3n) is 1.66. The molecule has 0 aliphatic carbocycles. The van der Waals surface area contributed by atoms with Gasteiger partial charge in [0.25, 0.3) is 0 Å². The molecule has 2 amide bonds. The maximum absolute atomic E-state index is 10.1. The third kappa shape index (κ3) is 9.86. The van der Waals surface area contributed by atoms with Gasteiger partial charge in [-0.15, -0.1) is 0 Å². The Morgan fingerprint density at radius 1 is 1.06 bits per heavy atom. The Hall–Kier alpha value is -1.33. The third-order valence-corrected chi connectivity index (χ3v) is 3.01. The van der Waals surface area contributed by atoms with Gasteiger partial charge in [-0.1, -0.05) is 0 Å². The molecule has 0 aromatic rings. The summed E-state index contributed by atoms with van der Waals surface area (Å²) in [4.78, 5) is 29.6. The SMILES string of the molecule is O=C(O)NSSNC(=O)O.O=C(O)[C@@H]1CCCN1. The first-order valence-corrected chi connectivity index (χ1v) is 6.85. The Balaban J connectivity index is 0.000000327. The Labute approximate surface area is 110 Å². The quantitative estimate of drug-likeness (QED) is 0.249. The molecule has 1 atom stereocenters. The lowest BCUT2D eigenvalue weighted by molar-refractivity contribution is -0.139. The molecule has 18 heavy (non-hydrogen) atoms. The number of nitrogens with one attached hydrogen (secondary N) is 3. The first kappa shape index (κ1) is 16.7. The molecular formula is C7H13N3O6S2. The molecule has 1 heterocycles. The number of amides is 2. The van der Waals surface area contributed by atoms with Gasteiger partial charge in [-0.3, -0.25) is 14.2 Å². The van der Waals surface area contributed by atoms with Crippen LogP contribution in [0.5, 0.6) is 0 Å². The van der Waals surface area contributed by atoms with Gasteiger partial charge in [0.1, 0.15) is 6.04 Å². The molecule has 6 N–H and O–H groups in total. The number of carboxylic acids is 1. The zero-order valence-electron chi connectivity index (χ0n) is 9.08. The van der Waals surface area contributed by atoms with Gasteiger partial charge in [0.15, 0.2) is 0 Å². The van der Waals surface area contributed by atoms with E-state index < -0.39 is 18.2 Å². The summed E-state index contributed by atoms with van der Waals surface area (Å²) in [6.45, 7) is 0.858. The summed E-state index contributed by atoms with van der Waals surface area (Å²) in [6.07, 6.45) is -0.652. The number of rotatable bonds is 4. The monoisotopic (exact) mass is 299 g/mol. The largest absolute Gasteiger partial charge is 0.480 e. The smallest absolute Gasteiger partial charge is 0.415 e. The van der Waals surface area contributed by atoms with E-state index in [9.17, 15) is 14.4 Å². The lowest BCUT2D eigenvalue weighted by atomic mass is 10.2. The predicted molar refractivity (Wildman–Crippen MR) is 66.2 cm³/mol. The number of hydrogen-bond acceptors (Lipinski definition) is 6. The molecule has 1 aliphatic heterocycles. The van der Waals surface area contributed by atoms with Gasteiger partial charge < -0.3 is 20.6 Å². The second-order valence-electron chi connectivity index (χ2n) is 2.97. The molecule has 0 aromatic heterocycles. The van der Waals surface area contributed by atoms with Gasteiger partial charge in [0.2, 0.25) is 0 Å². The van der Waals surface area contributed by atoms with Crippen LogP contribution in [0.25, 0.3) is 0 Å². The van der Waals surface area contributed by atoms with E-state index in [-0.39, 0.29) is 6.04 Å². The van der Waals surface area contributed by atoms with Crippen LogP contribution in [0, 0.1) is 0 Å². The van der Waals surface area contributed by atoms with Crippen LogP contribution in [0.4, 0.5) is 9.59 Å². The maximum atomic E-state index is 10.1. The fraction of sp³-hybridized carbons (Fsp3) is 0.571. The molecule has 0 unspecified atom stereocenters. The molecule has 0 bridgehead atoms. The standard InChI is InChI=1S/C5H9NO2.C2H4N2O4S2/c7-5(8)4-2-1-3-6-4;5-1(6)3-9-10-4-2(7)8/h4,6H,1-3H2,(H,7,8);3-4H,(H,5,6)(H,7,8)/t4-;/m0./s1. The highest BCUT2D eigenvalue weighted by Crippen LogP contribution is 2.11. The van der Waals surface area contributed by atoms with Crippen LogP contribution >= 0.6 is 22.0 Å². The van der Waals surface area contributed by atoms with Crippen molar-refractivity contribution in [2.24, 2.45) is 0 Å². The Morgan fingerprint density at radius 3 is 1.78 bits per heavy atom. The predicted octanol–water partition coefficient (Wildman–Crippen LogP) is 0.556. The van der Waals surface area contributed by atoms with Crippen LogP contribution in [-0.2, 0) is 4.79 Å². The zero-order valence-corrected chi connectivity index (χ0v) is 10.7. The van der Waals surface area contributed by atoms with Crippen molar-refractivity contribution in [1.82, 2.24) is 14.8 Å². The second kappa shape index (κ2) is 9.67. The molecular weight excluding hydrogens is 286 g/mol. The van der Waals surface area contributed by atoms with E-state index in [4.69, 9.17) is 15.3 Å². The van der Waals surface area contributed by atoms with Crippen LogP contribution in [-0.4, -0.2) is 46.1 Å². The van der Waals surface area contributed by atoms with E-state index in [1.54, 1.807) is 0 Å².